The van der Waals surface area contributed by atoms with Crippen molar-refractivity contribution < 1.29 is 34.0 Å². The van der Waals surface area contributed by atoms with E-state index in [2.05, 4.69) is 30.9 Å². The van der Waals surface area contributed by atoms with Crippen molar-refractivity contribution >= 4 is 6.09 Å². The van der Waals surface area contributed by atoms with Crippen molar-refractivity contribution in [3.63, 3.8) is 0 Å². The van der Waals surface area contributed by atoms with Crippen LogP contribution in [0.1, 0.15) is 76.3 Å². The van der Waals surface area contributed by atoms with Gasteiger partial charge in [-0.2, -0.15) is 0 Å². The van der Waals surface area contributed by atoms with Gasteiger partial charge in [0.1, 0.15) is 6.10 Å². The summed E-state index contributed by atoms with van der Waals surface area (Å²) in [6.45, 7) is 9.66. The zero-order valence-electron chi connectivity index (χ0n) is 26.7. The second-order valence-corrected chi connectivity index (χ2v) is 15.5. The van der Waals surface area contributed by atoms with Crippen molar-refractivity contribution in [3.05, 3.63) is 35.4 Å². The fourth-order valence-electron chi connectivity index (χ4n) is 11.1. The highest BCUT2D eigenvalue weighted by atomic mass is 16.5. The minimum Gasteiger partial charge on any atom is -0.493 e. The lowest BCUT2D eigenvalue weighted by atomic mass is 9.42. The summed E-state index contributed by atoms with van der Waals surface area (Å²) in [5, 5.41) is 20.5. The summed E-state index contributed by atoms with van der Waals surface area (Å²) in [5.74, 6) is 2.23. The summed E-state index contributed by atoms with van der Waals surface area (Å²) < 4.78 is 24.0. The second-order valence-electron chi connectivity index (χ2n) is 15.5. The molecular weight excluding hydrogens is 560 g/mol. The maximum atomic E-state index is 12.5. The Hall–Kier alpha value is -2.33. The normalized spacial score (nSPS) is 38.1. The van der Waals surface area contributed by atoms with Crippen LogP contribution in [0, 0.1) is 16.7 Å². The predicted molar refractivity (Wildman–Crippen MR) is 165 cm³/mol. The van der Waals surface area contributed by atoms with Crippen molar-refractivity contribution in [2.24, 2.45) is 16.7 Å². The Balaban J connectivity index is 0.885. The molecule has 1 aromatic rings. The SMILES string of the molecule is COc1ccc2c3c1O[C@H]1C[C@@H](O)C=C[C@@]31CCN(CCOCCOCCN(C(=O)O)C13CC4C[C@@](C)(C1)C[C@](C)(C4)C3)C2. The van der Waals surface area contributed by atoms with E-state index in [1.54, 1.807) is 12.0 Å². The van der Waals surface area contributed by atoms with Gasteiger partial charge in [-0.3, -0.25) is 4.90 Å². The summed E-state index contributed by atoms with van der Waals surface area (Å²) in [6, 6.07) is 4.15. The van der Waals surface area contributed by atoms with Crippen LogP contribution in [0.4, 0.5) is 4.79 Å². The minimum atomic E-state index is -0.803. The molecule has 2 unspecified atom stereocenters. The smallest absolute Gasteiger partial charge is 0.407 e. The molecule has 0 radical (unpaired) electrons. The molecule has 4 bridgehead atoms. The number of rotatable bonds is 11. The number of carboxylic acid groups (broad SMARTS) is 1. The third-order valence-corrected chi connectivity index (χ3v) is 11.8. The molecule has 7 aliphatic rings. The zero-order chi connectivity index (χ0) is 30.7. The molecule has 0 saturated heterocycles. The van der Waals surface area contributed by atoms with Crippen molar-refractivity contribution in [2.75, 3.05) is 53.2 Å². The first-order valence-electron chi connectivity index (χ1n) is 16.7. The van der Waals surface area contributed by atoms with Crippen LogP contribution in [0.5, 0.6) is 11.5 Å². The quantitative estimate of drug-likeness (QED) is 0.267. The third-order valence-electron chi connectivity index (χ3n) is 11.8. The summed E-state index contributed by atoms with van der Waals surface area (Å²) in [4.78, 5) is 16.6. The highest BCUT2D eigenvalue weighted by Crippen LogP contribution is 2.67. The van der Waals surface area contributed by atoms with Crippen LogP contribution in [0.2, 0.25) is 0 Å². The van der Waals surface area contributed by atoms with E-state index >= 15 is 0 Å². The lowest BCUT2D eigenvalue weighted by Gasteiger charge is -2.67. The van der Waals surface area contributed by atoms with Crippen molar-refractivity contribution in [2.45, 2.75) is 94.9 Å². The van der Waals surface area contributed by atoms with Crippen LogP contribution < -0.4 is 9.47 Å². The first-order valence-corrected chi connectivity index (χ1v) is 16.7. The van der Waals surface area contributed by atoms with E-state index < -0.39 is 12.2 Å². The van der Waals surface area contributed by atoms with E-state index in [0.29, 0.717) is 45.3 Å². The molecular formula is C35H50N2O7. The van der Waals surface area contributed by atoms with Crippen LogP contribution in [0.25, 0.3) is 0 Å². The molecule has 1 spiro atoms. The molecule has 2 aliphatic heterocycles. The van der Waals surface area contributed by atoms with E-state index in [1.807, 2.05) is 12.1 Å². The molecule has 5 aliphatic carbocycles. The maximum Gasteiger partial charge on any atom is 0.407 e. The molecule has 7 atom stereocenters. The van der Waals surface area contributed by atoms with Crippen molar-refractivity contribution in [3.8, 4) is 11.5 Å². The fraction of sp³-hybridized carbons (Fsp3) is 0.743. The number of methoxy groups -OCH3 is 1. The number of carbonyl (C=O) groups is 1. The van der Waals surface area contributed by atoms with E-state index in [1.165, 1.54) is 30.4 Å². The number of aliphatic hydroxyl groups excluding tert-OH is 1. The van der Waals surface area contributed by atoms with Gasteiger partial charge in [0.05, 0.1) is 45.1 Å². The highest BCUT2D eigenvalue weighted by molar-refractivity contribution is 5.66. The third kappa shape index (κ3) is 5.21. The van der Waals surface area contributed by atoms with E-state index in [-0.39, 0.29) is 27.9 Å². The van der Waals surface area contributed by atoms with E-state index in [0.717, 1.165) is 56.8 Å². The number of nitrogens with zero attached hydrogens (tertiary/aromatic N) is 2. The molecule has 4 fully saturated rings. The average Bonchev–Trinajstić information content (AvgIpc) is 3.18. The molecule has 0 aromatic heterocycles. The fourth-order valence-corrected chi connectivity index (χ4v) is 11.1. The van der Waals surface area contributed by atoms with Crippen LogP contribution in [-0.4, -0.2) is 97.0 Å². The lowest BCUT2D eigenvalue weighted by molar-refractivity contribution is -0.155. The maximum absolute atomic E-state index is 12.5. The molecule has 8 rings (SSSR count). The monoisotopic (exact) mass is 610 g/mol. The second kappa shape index (κ2) is 11.2. The highest BCUT2D eigenvalue weighted by Gasteiger charge is 2.62. The standard InChI is InChI=1S/C35H50N2O7/c1-32-17-24-18-33(2,21-32)23-34(19-24,22-32)37(31(39)40)11-13-43-15-14-42-12-10-36-9-8-35-7-6-26(38)16-28(35)44-30-27(41-3)5-4-25(20-36)29(30)35/h4-7,24,26,28,38H,8-23H2,1-3H3,(H,39,40)/t24?,26-,28-,32-,33+,34?,35-/m0/s1. The predicted octanol–water partition coefficient (Wildman–Crippen LogP) is 4.98. The van der Waals surface area contributed by atoms with Gasteiger partial charge in [-0.15, -0.1) is 0 Å². The van der Waals surface area contributed by atoms with Gasteiger partial charge in [-0.25, -0.2) is 4.79 Å². The van der Waals surface area contributed by atoms with Crippen LogP contribution >= 0.6 is 0 Å². The zero-order valence-corrected chi connectivity index (χ0v) is 26.7. The van der Waals surface area contributed by atoms with E-state index in [4.69, 9.17) is 18.9 Å². The Labute approximate surface area is 261 Å². The topological polar surface area (TPSA) is 101 Å². The largest absolute Gasteiger partial charge is 0.493 e. The molecule has 4 saturated carbocycles. The van der Waals surface area contributed by atoms with Crippen LogP contribution in [0.15, 0.2) is 24.3 Å². The number of amides is 1. The van der Waals surface area contributed by atoms with Crippen LogP contribution in [0.3, 0.4) is 0 Å². The molecule has 1 amide bonds. The van der Waals surface area contributed by atoms with Gasteiger partial charge in [0.15, 0.2) is 11.5 Å². The molecule has 9 nitrogen and oxygen atoms in total. The van der Waals surface area contributed by atoms with E-state index in [9.17, 15) is 15.0 Å². The van der Waals surface area contributed by atoms with Gasteiger partial charge in [0.25, 0.3) is 0 Å². The summed E-state index contributed by atoms with van der Waals surface area (Å²) in [7, 11) is 1.68. The Bertz CT molecular complexity index is 1280. The van der Waals surface area contributed by atoms with Crippen LogP contribution in [-0.2, 0) is 21.4 Å². The van der Waals surface area contributed by atoms with Crippen molar-refractivity contribution in [1.29, 1.82) is 0 Å². The molecule has 44 heavy (non-hydrogen) atoms. The van der Waals surface area contributed by atoms with Gasteiger partial charge in [-0.1, -0.05) is 32.1 Å². The number of hydrogen-bond donors (Lipinski definition) is 2. The molecule has 242 valence electrons. The molecule has 9 heteroatoms. The molecule has 2 heterocycles. The Kier molecular flexibility index (Phi) is 7.71. The number of aliphatic hydroxyl groups is 1. The van der Waals surface area contributed by atoms with Gasteiger partial charge in [-0.05, 0) is 79.9 Å². The Morgan fingerprint density at radius 3 is 2.52 bits per heavy atom. The Morgan fingerprint density at radius 2 is 1.82 bits per heavy atom. The first-order chi connectivity index (χ1) is 21.1. The summed E-state index contributed by atoms with van der Waals surface area (Å²) >= 11 is 0. The van der Waals surface area contributed by atoms with Gasteiger partial charge < -0.3 is 34.1 Å². The number of ether oxygens (including phenoxy) is 4. The van der Waals surface area contributed by atoms with Crippen molar-refractivity contribution in [1.82, 2.24) is 9.80 Å². The van der Waals surface area contributed by atoms with Gasteiger partial charge in [0, 0.05) is 37.2 Å². The Morgan fingerprint density at radius 1 is 1.07 bits per heavy atom. The first kappa shape index (κ1) is 30.3. The average molecular weight is 611 g/mol. The van der Waals surface area contributed by atoms with Gasteiger partial charge >= 0.3 is 6.09 Å². The van der Waals surface area contributed by atoms with Gasteiger partial charge in [0.2, 0.25) is 0 Å². The number of hydrogen-bond acceptors (Lipinski definition) is 7. The minimum absolute atomic E-state index is 0.0907. The summed E-state index contributed by atoms with van der Waals surface area (Å²) in [5.41, 5.74) is 2.53. The lowest BCUT2D eigenvalue weighted by Crippen LogP contribution is -2.66. The number of benzene rings is 1. The molecule has 2 N–H and O–H groups in total. The summed E-state index contributed by atoms with van der Waals surface area (Å²) in [6.07, 6.45) is 10.9. The molecule has 1 aromatic carbocycles.